The number of sulfonamides is 1. The van der Waals surface area contributed by atoms with E-state index in [1.54, 1.807) is 0 Å². The summed E-state index contributed by atoms with van der Waals surface area (Å²) in [5, 5.41) is 14.3. The number of carboxylic acid groups (broad SMARTS) is 1. The van der Waals surface area contributed by atoms with E-state index in [1.807, 2.05) is 0 Å². The molecule has 0 aromatic heterocycles. The highest BCUT2D eigenvalue weighted by Gasteiger charge is 2.40. The number of rotatable bonds is 7. The molecule has 0 saturated carbocycles. The second-order valence-electron chi connectivity index (χ2n) is 4.97. The number of ether oxygens (including phenoxy) is 1. The molecule has 0 bridgehead atoms. The van der Waals surface area contributed by atoms with Crippen LogP contribution in [-0.4, -0.2) is 64.6 Å². The Hall–Kier alpha value is -1.39. The van der Waals surface area contributed by atoms with Crippen molar-refractivity contribution in [3.8, 4) is 0 Å². The third-order valence-electron chi connectivity index (χ3n) is 3.27. The molecular formula is C11H21N3O6S. The van der Waals surface area contributed by atoms with Gasteiger partial charge in [0, 0.05) is 32.8 Å². The van der Waals surface area contributed by atoms with Gasteiger partial charge in [0.25, 0.3) is 0 Å². The van der Waals surface area contributed by atoms with Crippen LogP contribution < -0.4 is 15.4 Å². The number of hydrogen-bond donors (Lipinski definition) is 4. The molecule has 9 nitrogen and oxygen atoms in total. The highest BCUT2D eigenvalue weighted by molar-refractivity contribution is 7.88. The van der Waals surface area contributed by atoms with Crippen molar-refractivity contribution >= 4 is 22.0 Å². The summed E-state index contributed by atoms with van der Waals surface area (Å²) < 4.78 is 29.0. The first-order valence-corrected chi connectivity index (χ1v) is 8.42. The van der Waals surface area contributed by atoms with Crippen molar-refractivity contribution in [3.05, 3.63) is 0 Å². The highest BCUT2D eigenvalue weighted by atomic mass is 32.2. The molecule has 0 radical (unpaired) electrons. The summed E-state index contributed by atoms with van der Waals surface area (Å²) in [6.07, 6.45) is 1.71. The molecule has 0 aliphatic carbocycles. The fourth-order valence-corrected chi connectivity index (χ4v) is 2.43. The fourth-order valence-electron chi connectivity index (χ4n) is 1.95. The van der Waals surface area contributed by atoms with Crippen LogP contribution in [0.4, 0.5) is 4.79 Å². The molecular weight excluding hydrogens is 302 g/mol. The van der Waals surface area contributed by atoms with Crippen molar-refractivity contribution in [2.24, 2.45) is 5.41 Å². The van der Waals surface area contributed by atoms with Gasteiger partial charge in [0.15, 0.2) is 0 Å². The predicted octanol–water partition coefficient (Wildman–Crippen LogP) is -1.28. The third-order valence-corrected chi connectivity index (χ3v) is 3.99. The molecule has 0 aromatic carbocycles. The SMILES string of the molecule is CS(=O)(=O)NCCNC(=O)NCC1(C(=O)O)CCOCC1. The zero-order chi connectivity index (χ0) is 15.9. The molecule has 0 atom stereocenters. The molecule has 21 heavy (non-hydrogen) atoms. The van der Waals surface area contributed by atoms with Gasteiger partial charge >= 0.3 is 12.0 Å². The van der Waals surface area contributed by atoms with Gasteiger partial charge in [-0.1, -0.05) is 0 Å². The van der Waals surface area contributed by atoms with Crippen LogP contribution in [-0.2, 0) is 19.6 Å². The number of nitrogens with one attached hydrogen (secondary N) is 3. The lowest BCUT2D eigenvalue weighted by atomic mass is 9.80. The summed E-state index contributed by atoms with van der Waals surface area (Å²) in [5.41, 5.74) is -0.999. The van der Waals surface area contributed by atoms with E-state index in [-0.39, 0.29) is 19.6 Å². The number of aliphatic carboxylic acids is 1. The molecule has 2 amide bonds. The second-order valence-corrected chi connectivity index (χ2v) is 6.81. The van der Waals surface area contributed by atoms with Crippen LogP contribution >= 0.6 is 0 Å². The average Bonchev–Trinajstić information content (AvgIpc) is 2.41. The molecule has 4 N–H and O–H groups in total. The van der Waals surface area contributed by atoms with Gasteiger partial charge in [-0.25, -0.2) is 17.9 Å². The smallest absolute Gasteiger partial charge is 0.314 e. The van der Waals surface area contributed by atoms with Crippen LogP contribution in [0, 0.1) is 5.41 Å². The Morgan fingerprint density at radius 2 is 1.81 bits per heavy atom. The van der Waals surface area contributed by atoms with E-state index in [9.17, 15) is 23.1 Å². The van der Waals surface area contributed by atoms with E-state index in [1.165, 1.54) is 0 Å². The summed E-state index contributed by atoms with van der Waals surface area (Å²) in [6, 6.07) is -0.530. The largest absolute Gasteiger partial charge is 0.481 e. The minimum absolute atomic E-state index is 0.0109. The highest BCUT2D eigenvalue weighted by Crippen LogP contribution is 2.29. The number of hydrogen-bond acceptors (Lipinski definition) is 5. The lowest BCUT2D eigenvalue weighted by molar-refractivity contribution is -0.154. The normalized spacial score (nSPS) is 18.0. The Morgan fingerprint density at radius 1 is 1.19 bits per heavy atom. The van der Waals surface area contributed by atoms with Gasteiger partial charge < -0.3 is 20.5 Å². The van der Waals surface area contributed by atoms with Crippen molar-refractivity contribution in [1.82, 2.24) is 15.4 Å². The maximum Gasteiger partial charge on any atom is 0.314 e. The summed E-state index contributed by atoms with van der Waals surface area (Å²) in [7, 11) is -3.29. The summed E-state index contributed by atoms with van der Waals surface area (Å²) in [6.45, 7) is 0.908. The molecule has 1 fully saturated rings. The molecule has 1 saturated heterocycles. The van der Waals surface area contributed by atoms with E-state index < -0.39 is 27.4 Å². The summed E-state index contributed by atoms with van der Waals surface area (Å²) >= 11 is 0. The Morgan fingerprint density at radius 3 is 2.33 bits per heavy atom. The summed E-state index contributed by atoms with van der Waals surface area (Å²) in [5.74, 6) is -0.954. The van der Waals surface area contributed by atoms with E-state index in [0.717, 1.165) is 6.26 Å². The van der Waals surface area contributed by atoms with Crippen LogP contribution in [0.25, 0.3) is 0 Å². The van der Waals surface area contributed by atoms with E-state index in [4.69, 9.17) is 4.74 Å². The van der Waals surface area contributed by atoms with Crippen LogP contribution in [0.2, 0.25) is 0 Å². The van der Waals surface area contributed by atoms with Gasteiger partial charge in [0.1, 0.15) is 0 Å². The standard InChI is InChI=1S/C11H21N3O6S/c1-21(18,19)14-5-4-12-10(17)13-8-11(9(15)16)2-6-20-7-3-11/h14H,2-8H2,1H3,(H,15,16)(H2,12,13,17). The number of urea groups is 1. The number of carbonyl (C=O) groups excluding carboxylic acids is 1. The van der Waals surface area contributed by atoms with Gasteiger partial charge in [-0.05, 0) is 12.8 Å². The Balaban J connectivity index is 2.32. The van der Waals surface area contributed by atoms with Crippen molar-refractivity contribution in [1.29, 1.82) is 0 Å². The van der Waals surface area contributed by atoms with Crippen molar-refractivity contribution in [2.75, 3.05) is 39.1 Å². The monoisotopic (exact) mass is 323 g/mol. The van der Waals surface area contributed by atoms with Gasteiger partial charge in [0.05, 0.1) is 11.7 Å². The summed E-state index contributed by atoms with van der Waals surface area (Å²) in [4.78, 5) is 22.9. The van der Waals surface area contributed by atoms with Crippen LogP contribution in [0.15, 0.2) is 0 Å². The van der Waals surface area contributed by atoms with Gasteiger partial charge in [-0.3, -0.25) is 4.79 Å². The maximum atomic E-state index is 11.6. The fraction of sp³-hybridized carbons (Fsp3) is 0.818. The molecule has 1 heterocycles. The molecule has 122 valence electrons. The molecule has 0 spiro atoms. The Kier molecular flexibility index (Phi) is 6.37. The third kappa shape index (κ3) is 6.27. The number of amides is 2. The Bertz CT molecular complexity index is 472. The van der Waals surface area contributed by atoms with Crippen LogP contribution in [0.1, 0.15) is 12.8 Å². The zero-order valence-electron chi connectivity index (χ0n) is 11.8. The topological polar surface area (TPSA) is 134 Å². The van der Waals surface area contributed by atoms with Crippen molar-refractivity contribution in [2.45, 2.75) is 12.8 Å². The van der Waals surface area contributed by atoms with Crippen molar-refractivity contribution in [3.63, 3.8) is 0 Å². The predicted molar refractivity (Wildman–Crippen MR) is 74.4 cm³/mol. The van der Waals surface area contributed by atoms with E-state index in [2.05, 4.69) is 15.4 Å². The zero-order valence-corrected chi connectivity index (χ0v) is 12.7. The first kappa shape index (κ1) is 17.7. The van der Waals surface area contributed by atoms with Crippen LogP contribution in [0.5, 0.6) is 0 Å². The maximum absolute atomic E-state index is 11.6. The van der Waals surface area contributed by atoms with Gasteiger partial charge in [0.2, 0.25) is 10.0 Å². The molecule has 10 heteroatoms. The molecule has 1 rings (SSSR count). The van der Waals surface area contributed by atoms with Crippen LogP contribution in [0.3, 0.4) is 0 Å². The molecule has 1 aliphatic heterocycles. The molecule has 0 aromatic rings. The minimum atomic E-state index is -3.29. The van der Waals surface area contributed by atoms with Gasteiger partial charge in [-0.2, -0.15) is 0 Å². The van der Waals surface area contributed by atoms with E-state index >= 15 is 0 Å². The first-order chi connectivity index (χ1) is 9.75. The number of carbonyl (C=O) groups is 2. The first-order valence-electron chi connectivity index (χ1n) is 6.53. The minimum Gasteiger partial charge on any atom is -0.481 e. The van der Waals surface area contributed by atoms with Crippen molar-refractivity contribution < 1.29 is 27.9 Å². The van der Waals surface area contributed by atoms with Gasteiger partial charge in [-0.15, -0.1) is 0 Å². The quantitative estimate of drug-likeness (QED) is 0.431. The number of carboxylic acids is 1. The lowest BCUT2D eigenvalue weighted by Gasteiger charge is -2.33. The second kappa shape index (κ2) is 7.57. The molecule has 1 aliphatic rings. The average molecular weight is 323 g/mol. The van der Waals surface area contributed by atoms with E-state index in [0.29, 0.717) is 26.1 Å². The molecule has 0 unspecified atom stereocenters. The lowest BCUT2D eigenvalue weighted by Crippen LogP contribution is -2.49. The Labute approximate surface area is 123 Å².